The van der Waals surface area contributed by atoms with Crippen molar-refractivity contribution in [3.05, 3.63) is 48.4 Å². The maximum Gasteiger partial charge on any atom is 0.240 e. The SMILES string of the molecule is C=CCNCc1nc(-c2cccc(C)c2)no1.Cl. The van der Waals surface area contributed by atoms with Gasteiger partial charge in [-0.15, -0.1) is 19.0 Å². The zero-order valence-corrected chi connectivity index (χ0v) is 11.0. The fraction of sp³-hybridized carbons (Fsp3) is 0.231. The van der Waals surface area contributed by atoms with E-state index in [0.717, 1.165) is 12.1 Å². The maximum absolute atomic E-state index is 5.15. The van der Waals surface area contributed by atoms with Crippen LogP contribution < -0.4 is 5.32 Å². The summed E-state index contributed by atoms with van der Waals surface area (Å²) in [6.45, 7) is 6.95. The van der Waals surface area contributed by atoms with Gasteiger partial charge in [0.25, 0.3) is 0 Å². The van der Waals surface area contributed by atoms with Crippen molar-refractivity contribution in [2.75, 3.05) is 6.54 Å². The molecule has 1 aromatic heterocycles. The lowest BCUT2D eigenvalue weighted by Crippen LogP contribution is -2.12. The molecule has 0 atom stereocenters. The summed E-state index contributed by atoms with van der Waals surface area (Å²) < 4.78 is 5.15. The highest BCUT2D eigenvalue weighted by Crippen LogP contribution is 2.16. The van der Waals surface area contributed by atoms with Gasteiger partial charge in [-0.05, 0) is 13.0 Å². The fourth-order valence-electron chi connectivity index (χ4n) is 1.51. The van der Waals surface area contributed by atoms with Gasteiger partial charge in [0.2, 0.25) is 11.7 Å². The number of benzene rings is 1. The second-order valence-corrected chi connectivity index (χ2v) is 3.80. The Balaban J connectivity index is 0.00000162. The third-order valence-corrected chi connectivity index (χ3v) is 2.31. The van der Waals surface area contributed by atoms with Gasteiger partial charge in [-0.3, -0.25) is 0 Å². The first-order valence-electron chi connectivity index (χ1n) is 5.51. The minimum atomic E-state index is 0. The molecule has 18 heavy (non-hydrogen) atoms. The summed E-state index contributed by atoms with van der Waals surface area (Å²) in [5.74, 6) is 1.22. The van der Waals surface area contributed by atoms with Gasteiger partial charge in [0.05, 0.1) is 6.54 Å². The fourth-order valence-corrected chi connectivity index (χ4v) is 1.51. The average molecular weight is 266 g/mol. The van der Waals surface area contributed by atoms with Crippen LogP contribution in [0.3, 0.4) is 0 Å². The van der Waals surface area contributed by atoms with Crippen molar-refractivity contribution in [1.29, 1.82) is 0 Å². The molecule has 0 aliphatic heterocycles. The van der Waals surface area contributed by atoms with Crippen LogP contribution in [-0.4, -0.2) is 16.7 Å². The third kappa shape index (κ3) is 3.68. The highest BCUT2D eigenvalue weighted by atomic mass is 35.5. The number of nitrogens with zero attached hydrogens (tertiary/aromatic N) is 2. The molecule has 0 spiro atoms. The lowest BCUT2D eigenvalue weighted by Gasteiger charge is -1.95. The normalized spacial score (nSPS) is 9.83. The van der Waals surface area contributed by atoms with E-state index in [9.17, 15) is 0 Å². The van der Waals surface area contributed by atoms with Crippen molar-refractivity contribution in [2.45, 2.75) is 13.5 Å². The largest absolute Gasteiger partial charge is 0.338 e. The second kappa shape index (κ2) is 6.93. The molecule has 0 saturated heterocycles. The zero-order valence-electron chi connectivity index (χ0n) is 10.2. The molecule has 0 fully saturated rings. The van der Waals surface area contributed by atoms with Crippen LogP contribution in [0.1, 0.15) is 11.5 Å². The molecule has 0 bridgehead atoms. The van der Waals surface area contributed by atoms with E-state index < -0.39 is 0 Å². The van der Waals surface area contributed by atoms with E-state index in [4.69, 9.17) is 4.52 Å². The van der Waals surface area contributed by atoms with Gasteiger partial charge >= 0.3 is 0 Å². The molecule has 0 aliphatic carbocycles. The summed E-state index contributed by atoms with van der Waals surface area (Å²) in [5.41, 5.74) is 2.15. The Bertz CT molecular complexity index is 510. The van der Waals surface area contributed by atoms with Gasteiger partial charge in [-0.25, -0.2) is 0 Å². The van der Waals surface area contributed by atoms with Gasteiger partial charge in [0.1, 0.15) is 0 Å². The molecule has 2 rings (SSSR count). The number of hydrogen-bond donors (Lipinski definition) is 1. The molecule has 4 nitrogen and oxygen atoms in total. The summed E-state index contributed by atoms with van der Waals surface area (Å²) in [5, 5.41) is 7.07. The molecule has 0 aliphatic rings. The summed E-state index contributed by atoms with van der Waals surface area (Å²) in [7, 11) is 0. The zero-order chi connectivity index (χ0) is 12.1. The molecular formula is C13H16ClN3O. The predicted octanol–water partition coefficient (Wildman–Crippen LogP) is 2.74. The van der Waals surface area contributed by atoms with E-state index in [-0.39, 0.29) is 12.4 Å². The average Bonchev–Trinajstić information content (AvgIpc) is 2.78. The second-order valence-electron chi connectivity index (χ2n) is 3.80. The number of aromatic nitrogens is 2. The van der Waals surface area contributed by atoms with E-state index in [1.807, 2.05) is 31.2 Å². The Morgan fingerprint density at radius 3 is 3.00 bits per heavy atom. The van der Waals surface area contributed by atoms with Crippen molar-refractivity contribution in [2.24, 2.45) is 0 Å². The van der Waals surface area contributed by atoms with Crippen LogP contribution in [0.25, 0.3) is 11.4 Å². The number of nitrogens with one attached hydrogen (secondary N) is 1. The van der Waals surface area contributed by atoms with Crippen LogP contribution in [0.15, 0.2) is 41.4 Å². The maximum atomic E-state index is 5.15. The molecule has 2 aromatic rings. The van der Waals surface area contributed by atoms with E-state index in [1.54, 1.807) is 6.08 Å². The minimum Gasteiger partial charge on any atom is -0.338 e. The Kier molecular flexibility index (Phi) is 5.55. The van der Waals surface area contributed by atoms with E-state index in [1.165, 1.54) is 5.56 Å². The van der Waals surface area contributed by atoms with E-state index in [0.29, 0.717) is 18.3 Å². The van der Waals surface area contributed by atoms with Crippen LogP contribution in [-0.2, 0) is 6.54 Å². The van der Waals surface area contributed by atoms with Gasteiger partial charge in [-0.2, -0.15) is 4.98 Å². The molecule has 96 valence electrons. The number of aryl methyl sites for hydroxylation is 1. The number of halogens is 1. The predicted molar refractivity (Wildman–Crippen MR) is 73.6 cm³/mol. The standard InChI is InChI=1S/C13H15N3O.ClH/c1-3-7-14-9-12-15-13(16-17-12)11-6-4-5-10(2)8-11;/h3-6,8,14H,1,7,9H2,2H3;1H. The molecule has 1 heterocycles. The lowest BCUT2D eigenvalue weighted by molar-refractivity contribution is 0.370. The molecule has 1 aromatic carbocycles. The minimum absolute atomic E-state index is 0. The van der Waals surface area contributed by atoms with Gasteiger partial charge in [0, 0.05) is 12.1 Å². The summed E-state index contributed by atoms with van der Waals surface area (Å²) >= 11 is 0. The third-order valence-electron chi connectivity index (χ3n) is 2.31. The number of rotatable bonds is 5. The molecule has 0 unspecified atom stereocenters. The molecular weight excluding hydrogens is 250 g/mol. The van der Waals surface area contributed by atoms with Crippen molar-refractivity contribution in [3.8, 4) is 11.4 Å². The van der Waals surface area contributed by atoms with Gasteiger partial charge < -0.3 is 9.84 Å². The monoisotopic (exact) mass is 265 g/mol. The topological polar surface area (TPSA) is 51.0 Å². The van der Waals surface area contributed by atoms with Crippen molar-refractivity contribution < 1.29 is 4.52 Å². The Labute approximate surface area is 113 Å². The summed E-state index contributed by atoms with van der Waals surface area (Å²) in [4.78, 5) is 4.32. The Morgan fingerprint density at radius 2 is 2.28 bits per heavy atom. The van der Waals surface area contributed by atoms with Crippen LogP contribution >= 0.6 is 12.4 Å². The summed E-state index contributed by atoms with van der Waals surface area (Å²) in [6.07, 6.45) is 1.79. The molecule has 0 amide bonds. The highest BCUT2D eigenvalue weighted by Gasteiger charge is 2.07. The molecule has 0 radical (unpaired) electrons. The van der Waals surface area contributed by atoms with Crippen LogP contribution in [0.4, 0.5) is 0 Å². The summed E-state index contributed by atoms with van der Waals surface area (Å²) in [6, 6.07) is 8.03. The lowest BCUT2D eigenvalue weighted by atomic mass is 10.1. The smallest absolute Gasteiger partial charge is 0.240 e. The highest BCUT2D eigenvalue weighted by molar-refractivity contribution is 5.85. The first-order chi connectivity index (χ1) is 8.29. The molecule has 1 N–H and O–H groups in total. The van der Waals surface area contributed by atoms with Gasteiger partial charge in [-0.1, -0.05) is 35.0 Å². The van der Waals surface area contributed by atoms with Crippen molar-refractivity contribution >= 4 is 12.4 Å². The van der Waals surface area contributed by atoms with Crippen molar-refractivity contribution in [1.82, 2.24) is 15.5 Å². The Hall–Kier alpha value is -1.65. The molecule has 0 saturated carbocycles. The van der Waals surface area contributed by atoms with Crippen LogP contribution in [0.2, 0.25) is 0 Å². The van der Waals surface area contributed by atoms with Crippen LogP contribution in [0.5, 0.6) is 0 Å². The molecule has 5 heteroatoms. The van der Waals surface area contributed by atoms with E-state index >= 15 is 0 Å². The number of hydrogen-bond acceptors (Lipinski definition) is 4. The van der Waals surface area contributed by atoms with Crippen molar-refractivity contribution in [3.63, 3.8) is 0 Å². The quantitative estimate of drug-likeness (QED) is 0.667. The van der Waals surface area contributed by atoms with E-state index in [2.05, 4.69) is 22.0 Å². The van der Waals surface area contributed by atoms with Crippen LogP contribution in [0, 0.1) is 6.92 Å². The first-order valence-corrected chi connectivity index (χ1v) is 5.51. The first kappa shape index (κ1) is 14.4. The Morgan fingerprint density at radius 1 is 1.44 bits per heavy atom. The van der Waals surface area contributed by atoms with Gasteiger partial charge in [0.15, 0.2) is 0 Å².